The lowest BCUT2D eigenvalue weighted by molar-refractivity contribution is -0.120. The van der Waals surface area contributed by atoms with Gasteiger partial charge in [0.15, 0.2) is 0 Å². The molecular weight excluding hydrogens is 279 g/mol. The molecule has 0 radical (unpaired) electrons. The summed E-state index contributed by atoms with van der Waals surface area (Å²) in [4.78, 5) is 15.7. The second-order valence-corrected chi connectivity index (χ2v) is 6.86. The van der Waals surface area contributed by atoms with Crippen molar-refractivity contribution >= 4 is 16.8 Å². The number of fused-ring (bicyclic) bond motifs is 1. The van der Waals surface area contributed by atoms with Crippen LogP contribution in [0.1, 0.15) is 43.6 Å². The highest BCUT2D eigenvalue weighted by Crippen LogP contribution is 2.63. The molecule has 1 atom stereocenters. The van der Waals surface area contributed by atoms with Crippen LogP contribution in [0.25, 0.3) is 10.9 Å². The van der Waals surface area contributed by atoms with E-state index in [2.05, 4.69) is 4.98 Å². The van der Waals surface area contributed by atoms with Crippen LogP contribution < -0.4 is 5.73 Å². The van der Waals surface area contributed by atoms with Gasteiger partial charge in [0.2, 0.25) is 5.91 Å². The summed E-state index contributed by atoms with van der Waals surface area (Å²) in [5.74, 6) is 0.145. The van der Waals surface area contributed by atoms with Crippen LogP contribution in [0.5, 0.6) is 0 Å². The first-order chi connectivity index (χ1) is 10.6. The molecule has 1 aromatic carbocycles. The molecule has 2 saturated carbocycles. The Morgan fingerprint density at radius 3 is 2.73 bits per heavy atom. The summed E-state index contributed by atoms with van der Waals surface area (Å²) in [6, 6.07) is 6.80. The number of pyridine rings is 1. The maximum absolute atomic E-state index is 13.6. The molecule has 22 heavy (non-hydrogen) atoms. The first-order valence-corrected chi connectivity index (χ1v) is 7.93. The average molecular weight is 298 g/mol. The maximum Gasteiger partial charge on any atom is 0.221 e. The Hall–Kier alpha value is -1.97. The van der Waals surface area contributed by atoms with Gasteiger partial charge in [-0.1, -0.05) is 0 Å². The number of primary amides is 1. The number of amides is 1. The number of hydrogen-bond donors (Lipinski definition) is 1. The van der Waals surface area contributed by atoms with Gasteiger partial charge in [0.25, 0.3) is 0 Å². The molecule has 1 heterocycles. The van der Waals surface area contributed by atoms with Crippen LogP contribution in [0, 0.1) is 17.2 Å². The fraction of sp³-hybridized carbons (Fsp3) is 0.444. The van der Waals surface area contributed by atoms with Crippen LogP contribution in [0.4, 0.5) is 4.39 Å². The quantitative estimate of drug-likeness (QED) is 0.922. The standard InChI is InChI=1S/C18H19FN2O/c19-12-1-2-16-14(9-12)13(5-8-21-16)11-3-6-18(7-4-11)10-15(18)17(20)22/h1-2,5,8-9,11,15H,3-4,6-7,10H2,(H2,20,22). The van der Waals surface area contributed by atoms with Gasteiger partial charge in [0, 0.05) is 17.5 Å². The van der Waals surface area contributed by atoms with Gasteiger partial charge in [-0.25, -0.2) is 4.39 Å². The highest BCUT2D eigenvalue weighted by Gasteiger charge is 2.57. The molecule has 1 unspecified atom stereocenters. The number of nitrogens with zero attached hydrogens (tertiary/aromatic N) is 1. The Morgan fingerprint density at radius 2 is 2.05 bits per heavy atom. The third kappa shape index (κ3) is 2.09. The molecule has 1 aromatic heterocycles. The summed E-state index contributed by atoms with van der Waals surface area (Å²) >= 11 is 0. The van der Waals surface area contributed by atoms with Crippen molar-refractivity contribution in [3.63, 3.8) is 0 Å². The van der Waals surface area contributed by atoms with Gasteiger partial charge in [-0.05, 0) is 73.3 Å². The van der Waals surface area contributed by atoms with E-state index in [0.717, 1.165) is 43.0 Å². The fourth-order valence-corrected chi connectivity index (χ4v) is 4.30. The Balaban J connectivity index is 1.60. The zero-order chi connectivity index (χ0) is 15.3. The minimum absolute atomic E-state index is 0.0834. The highest BCUT2D eigenvalue weighted by molar-refractivity contribution is 5.83. The number of nitrogens with two attached hydrogens (primary N) is 1. The third-order valence-electron chi connectivity index (χ3n) is 5.69. The van der Waals surface area contributed by atoms with E-state index in [-0.39, 0.29) is 23.1 Å². The second-order valence-electron chi connectivity index (χ2n) is 6.86. The van der Waals surface area contributed by atoms with E-state index in [1.165, 1.54) is 11.6 Å². The molecule has 2 N–H and O–H groups in total. The summed E-state index contributed by atoms with van der Waals surface area (Å²) in [7, 11) is 0. The lowest BCUT2D eigenvalue weighted by atomic mass is 9.75. The molecule has 3 nitrogen and oxygen atoms in total. The van der Waals surface area contributed by atoms with E-state index < -0.39 is 0 Å². The van der Waals surface area contributed by atoms with Crippen molar-refractivity contribution in [2.45, 2.75) is 38.0 Å². The van der Waals surface area contributed by atoms with Crippen LogP contribution in [0.3, 0.4) is 0 Å². The Labute approximate surface area is 128 Å². The Bertz CT molecular complexity index is 750. The van der Waals surface area contributed by atoms with E-state index in [4.69, 9.17) is 5.73 Å². The van der Waals surface area contributed by atoms with Gasteiger partial charge in [-0.3, -0.25) is 9.78 Å². The molecule has 1 amide bonds. The number of carbonyl (C=O) groups is 1. The SMILES string of the molecule is NC(=O)C1CC12CCC(c1ccnc3ccc(F)cc13)CC2. The van der Waals surface area contributed by atoms with Crippen molar-refractivity contribution in [3.8, 4) is 0 Å². The molecular formula is C18H19FN2O. The number of carbonyl (C=O) groups excluding carboxylic acids is 1. The van der Waals surface area contributed by atoms with E-state index in [1.807, 2.05) is 12.3 Å². The van der Waals surface area contributed by atoms with Crippen molar-refractivity contribution in [1.82, 2.24) is 4.98 Å². The van der Waals surface area contributed by atoms with Crippen LogP contribution in [-0.2, 0) is 4.79 Å². The summed E-state index contributed by atoms with van der Waals surface area (Å²) in [5.41, 5.74) is 7.67. The number of halogens is 1. The molecule has 0 saturated heterocycles. The van der Waals surface area contributed by atoms with Crippen LogP contribution in [-0.4, -0.2) is 10.9 Å². The van der Waals surface area contributed by atoms with Crippen LogP contribution in [0.15, 0.2) is 30.5 Å². The van der Waals surface area contributed by atoms with Gasteiger partial charge in [0.05, 0.1) is 5.52 Å². The van der Waals surface area contributed by atoms with Gasteiger partial charge in [-0.2, -0.15) is 0 Å². The van der Waals surface area contributed by atoms with E-state index in [9.17, 15) is 9.18 Å². The molecule has 1 spiro atoms. The summed E-state index contributed by atoms with van der Waals surface area (Å²) < 4.78 is 13.6. The van der Waals surface area contributed by atoms with E-state index in [0.29, 0.717) is 5.92 Å². The minimum Gasteiger partial charge on any atom is -0.369 e. The Morgan fingerprint density at radius 1 is 1.27 bits per heavy atom. The van der Waals surface area contributed by atoms with E-state index in [1.54, 1.807) is 12.1 Å². The Kier molecular flexibility index (Phi) is 2.96. The van der Waals surface area contributed by atoms with Crippen molar-refractivity contribution < 1.29 is 9.18 Å². The maximum atomic E-state index is 13.6. The summed E-state index contributed by atoms with van der Waals surface area (Å²) in [6.45, 7) is 0. The number of rotatable bonds is 2. The topological polar surface area (TPSA) is 56.0 Å². The largest absolute Gasteiger partial charge is 0.369 e. The smallest absolute Gasteiger partial charge is 0.221 e. The molecule has 0 aliphatic heterocycles. The lowest BCUT2D eigenvalue weighted by Gasteiger charge is -2.30. The number of hydrogen-bond acceptors (Lipinski definition) is 2. The minimum atomic E-state index is -0.218. The predicted octanol–water partition coefficient (Wildman–Crippen LogP) is 3.52. The molecule has 2 aliphatic rings. The molecule has 4 rings (SSSR count). The molecule has 4 heteroatoms. The van der Waals surface area contributed by atoms with Gasteiger partial charge < -0.3 is 5.73 Å². The first kappa shape index (κ1) is 13.7. The highest BCUT2D eigenvalue weighted by atomic mass is 19.1. The van der Waals surface area contributed by atoms with Gasteiger partial charge in [0.1, 0.15) is 5.82 Å². The lowest BCUT2D eigenvalue weighted by Crippen LogP contribution is -2.22. The normalized spacial score (nSPS) is 30.6. The molecule has 0 bridgehead atoms. The monoisotopic (exact) mass is 298 g/mol. The first-order valence-electron chi connectivity index (χ1n) is 7.93. The van der Waals surface area contributed by atoms with Crippen molar-refractivity contribution in [1.29, 1.82) is 0 Å². The third-order valence-corrected chi connectivity index (χ3v) is 5.69. The zero-order valence-electron chi connectivity index (χ0n) is 12.4. The number of benzene rings is 1. The predicted molar refractivity (Wildman–Crippen MR) is 82.6 cm³/mol. The van der Waals surface area contributed by atoms with Crippen LogP contribution >= 0.6 is 0 Å². The van der Waals surface area contributed by atoms with E-state index >= 15 is 0 Å². The zero-order valence-corrected chi connectivity index (χ0v) is 12.4. The average Bonchev–Trinajstić information content (AvgIpc) is 3.22. The van der Waals surface area contributed by atoms with Crippen LogP contribution in [0.2, 0.25) is 0 Å². The van der Waals surface area contributed by atoms with Crippen molar-refractivity contribution in [3.05, 3.63) is 41.8 Å². The van der Waals surface area contributed by atoms with Gasteiger partial charge >= 0.3 is 0 Å². The summed E-state index contributed by atoms with van der Waals surface area (Å²) in [5, 5.41) is 0.922. The van der Waals surface area contributed by atoms with Crippen molar-refractivity contribution in [2.75, 3.05) is 0 Å². The molecule has 2 aliphatic carbocycles. The summed E-state index contributed by atoms with van der Waals surface area (Å²) in [6.07, 6.45) is 6.94. The number of aromatic nitrogens is 1. The molecule has 114 valence electrons. The van der Waals surface area contributed by atoms with Gasteiger partial charge in [-0.15, -0.1) is 0 Å². The molecule has 2 aromatic rings. The fourth-order valence-electron chi connectivity index (χ4n) is 4.30. The second kappa shape index (κ2) is 4.77. The molecule has 2 fully saturated rings. The van der Waals surface area contributed by atoms with Crippen molar-refractivity contribution in [2.24, 2.45) is 17.1 Å².